The van der Waals surface area contributed by atoms with E-state index in [9.17, 15) is 4.79 Å². The summed E-state index contributed by atoms with van der Waals surface area (Å²) in [4.78, 5) is 15.1. The van der Waals surface area contributed by atoms with Crippen LogP contribution in [0.25, 0.3) is 0 Å². The van der Waals surface area contributed by atoms with E-state index in [2.05, 4.69) is 54.4 Å². The lowest BCUT2D eigenvalue weighted by Gasteiger charge is -2.26. The van der Waals surface area contributed by atoms with E-state index in [1.807, 2.05) is 30.0 Å². The van der Waals surface area contributed by atoms with Gasteiger partial charge in [-0.1, -0.05) is 49.4 Å². The average molecular weight is 383 g/mol. The van der Waals surface area contributed by atoms with Crippen molar-refractivity contribution in [3.8, 4) is 0 Å². The Kier molecular flexibility index (Phi) is 7.36. The fourth-order valence-corrected chi connectivity index (χ4v) is 4.61. The molecule has 0 aromatic heterocycles. The SMILES string of the molecule is CCC(CC(=O)Nc1ccc(CN2CCSCC2)cc1C)c1ccccc1. The highest BCUT2D eigenvalue weighted by Crippen LogP contribution is 2.25. The van der Waals surface area contributed by atoms with Gasteiger partial charge in [-0.2, -0.15) is 11.8 Å². The monoisotopic (exact) mass is 382 g/mol. The van der Waals surface area contributed by atoms with Crippen molar-refractivity contribution >= 4 is 23.4 Å². The molecular formula is C23H30N2OS. The van der Waals surface area contributed by atoms with Crippen molar-refractivity contribution in [1.82, 2.24) is 4.90 Å². The van der Waals surface area contributed by atoms with Crippen LogP contribution >= 0.6 is 11.8 Å². The third kappa shape index (κ3) is 5.85. The largest absolute Gasteiger partial charge is 0.326 e. The van der Waals surface area contributed by atoms with Gasteiger partial charge in [0.1, 0.15) is 0 Å². The van der Waals surface area contributed by atoms with Crippen molar-refractivity contribution in [3.63, 3.8) is 0 Å². The predicted octanol–water partition coefficient (Wildman–Crippen LogP) is 5.07. The maximum absolute atomic E-state index is 12.6. The molecule has 1 heterocycles. The third-order valence-corrected chi connectivity index (χ3v) is 6.21. The molecule has 4 heteroatoms. The van der Waals surface area contributed by atoms with Gasteiger partial charge in [0, 0.05) is 43.2 Å². The Balaban J connectivity index is 1.58. The van der Waals surface area contributed by atoms with Gasteiger partial charge in [-0.3, -0.25) is 9.69 Å². The molecule has 2 aromatic carbocycles. The van der Waals surface area contributed by atoms with E-state index in [0.717, 1.165) is 24.2 Å². The molecule has 27 heavy (non-hydrogen) atoms. The molecule has 1 aliphatic rings. The molecule has 1 aliphatic heterocycles. The lowest BCUT2D eigenvalue weighted by molar-refractivity contribution is -0.116. The molecule has 1 fully saturated rings. The molecule has 0 spiro atoms. The van der Waals surface area contributed by atoms with Gasteiger partial charge in [-0.05, 0) is 42.0 Å². The first-order valence-electron chi connectivity index (χ1n) is 9.90. The molecule has 0 saturated carbocycles. The van der Waals surface area contributed by atoms with Crippen LogP contribution in [0.15, 0.2) is 48.5 Å². The average Bonchev–Trinajstić information content (AvgIpc) is 2.70. The van der Waals surface area contributed by atoms with Gasteiger partial charge in [0.15, 0.2) is 0 Å². The Morgan fingerprint density at radius 1 is 1.15 bits per heavy atom. The maximum Gasteiger partial charge on any atom is 0.224 e. The van der Waals surface area contributed by atoms with Crippen LogP contribution in [0.2, 0.25) is 0 Å². The molecule has 2 aromatic rings. The Labute approximate surface area is 167 Å². The van der Waals surface area contributed by atoms with Crippen molar-refractivity contribution < 1.29 is 4.79 Å². The van der Waals surface area contributed by atoms with Crippen molar-refractivity contribution in [2.24, 2.45) is 0 Å². The van der Waals surface area contributed by atoms with Crippen LogP contribution < -0.4 is 5.32 Å². The number of carbonyl (C=O) groups excluding carboxylic acids is 1. The van der Waals surface area contributed by atoms with Crippen LogP contribution in [-0.4, -0.2) is 35.4 Å². The Morgan fingerprint density at radius 3 is 2.56 bits per heavy atom. The van der Waals surface area contributed by atoms with E-state index in [4.69, 9.17) is 0 Å². The number of benzene rings is 2. The quantitative estimate of drug-likeness (QED) is 0.726. The van der Waals surface area contributed by atoms with Gasteiger partial charge in [0.25, 0.3) is 0 Å². The van der Waals surface area contributed by atoms with Crippen LogP contribution in [0, 0.1) is 6.92 Å². The zero-order chi connectivity index (χ0) is 19.1. The molecule has 0 bridgehead atoms. The van der Waals surface area contributed by atoms with Gasteiger partial charge in [0.2, 0.25) is 5.91 Å². The Hall–Kier alpha value is -1.78. The van der Waals surface area contributed by atoms with Crippen LogP contribution in [0.1, 0.15) is 42.4 Å². The van der Waals surface area contributed by atoms with Crippen molar-refractivity contribution in [2.75, 3.05) is 29.9 Å². The molecule has 1 amide bonds. The second-order valence-electron chi connectivity index (χ2n) is 7.31. The topological polar surface area (TPSA) is 32.3 Å². The van der Waals surface area contributed by atoms with Gasteiger partial charge < -0.3 is 5.32 Å². The normalized spacial score (nSPS) is 16.1. The van der Waals surface area contributed by atoms with Gasteiger partial charge in [-0.15, -0.1) is 0 Å². The van der Waals surface area contributed by atoms with E-state index in [1.165, 1.54) is 35.7 Å². The number of thioether (sulfide) groups is 1. The van der Waals surface area contributed by atoms with Crippen molar-refractivity contribution in [2.45, 2.75) is 39.2 Å². The minimum atomic E-state index is 0.0922. The lowest BCUT2D eigenvalue weighted by Crippen LogP contribution is -2.31. The van der Waals surface area contributed by atoms with E-state index in [-0.39, 0.29) is 11.8 Å². The number of nitrogens with one attached hydrogen (secondary N) is 1. The maximum atomic E-state index is 12.6. The van der Waals surface area contributed by atoms with Gasteiger partial charge >= 0.3 is 0 Å². The molecule has 144 valence electrons. The molecule has 0 aliphatic carbocycles. The number of amides is 1. The minimum absolute atomic E-state index is 0.0922. The molecule has 1 N–H and O–H groups in total. The number of nitrogens with zero attached hydrogens (tertiary/aromatic N) is 1. The smallest absolute Gasteiger partial charge is 0.224 e. The molecule has 1 unspecified atom stereocenters. The lowest BCUT2D eigenvalue weighted by atomic mass is 9.93. The van der Waals surface area contributed by atoms with E-state index in [0.29, 0.717) is 6.42 Å². The van der Waals surface area contributed by atoms with E-state index < -0.39 is 0 Å². The number of anilines is 1. The molecule has 3 nitrogen and oxygen atoms in total. The number of hydrogen-bond donors (Lipinski definition) is 1. The van der Waals surface area contributed by atoms with Gasteiger partial charge in [0.05, 0.1) is 0 Å². The molecule has 1 atom stereocenters. The standard InChI is InChI=1S/C23H30N2OS/c1-3-20(21-7-5-4-6-8-21)16-23(26)24-22-10-9-19(15-18(22)2)17-25-11-13-27-14-12-25/h4-10,15,20H,3,11-14,16-17H2,1-2H3,(H,24,26). The summed E-state index contributed by atoms with van der Waals surface area (Å²) >= 11 is 2.04. The molecule has 1 saturated heterocycles. The fourth-order valence-electron chi connectivity index (χ4n) is 3.63. The minimum Gasteiger partial charge on any atom is -0.326 e. The number of aryl methyl sites for hydroxylation is 1. The summed E-state index contributed by atoms with van der Waals surface area (Å²) in [5, 5.41) is 3.12. The summed E-state index contributed by atoms with van der Waals surface area (Å²) in [6.07, 6.45) is 1.48. The first-order valence-corrected chi connectivity index (χ1v) is 11.1. The zero-order valence-corrected chi connectivity index (χ0v) is 17.2. The summed E-state index contributed by atoms with van der Waals surface area (Å²) in [7, 11) is 0. The number of hydrogen-bond acceptors (Lipinski definition) is 3. The molecule has 3 rings (SSSR count). The first-order chi connectivity index (χ1) is 13.2. The Morgan fingerprint density at radius 2 is 1.89 bits per heavy atom. The second kappa shape index (κ2) is 9.95. The third-order valence-electron chi connectivity index (χ3n) is 5.27. The second-order valence-corrected chi connectivity index (χ2v) is 8.53. The number of rotatable bonds is 7. The summed E-state index contributed by atoms with van der Waals surface area (Å²) in [5.41, 5.74) is 4.64. The molecular weight excluding hydrogens is 352 g/mol. The van der Waals surface area contributed by atoms with E-state index in [1.54, 1.807) is 0 Å². The summed E-state index contributed by atoms with van der Waals surface area (Å²) in [5.74, 6) is 2.82. The van der Waals surface area contributed by atoms with Crippen LogP contribution in [0.5, 0.6) is 0 Å². The van der Waals surface area contributed by atoms with Crippen LogP contribution in [0.3, 0.4) is 0 Å². The highest BCUT2D eigenvalue weighted by atomic mass is 32.2. The highest BCUT2D eigenvalue weighted by Gasteiger charge is 2.15. The van der Waals surface area contributed by atoms with Gasteiger partial charge in [-0.25, -0.2) is 0 Å². The Bertz CT molecular complexity index is 741. The number of carbonyl (C=O) groups is 1. The van der Waals surface area contributed by atoms with Crippen LogP contribution in [-0.2, 0) is 11.3 Å². The summed E-state index contributed by atoms with van der Waals surface area (Å²) in [6, 6.07) is 16.8. The van der Waals surface area contributed by atoms with Crippen molar-refractivity contribution in [1.29, 1.82) is 0 Å². The van der Waals surface area contributed by atoms with Crippen LogP contribution in [0.4, 0.5) is 5.69 Å². The van der Waals surface area contributed by atoms with Crippen molar-refractivity contribution in [3.05, 3.63) is 65.2 Å². The fraction of sp³-hybridized carbons (Fsp3) is 0.435. The predicted molar refractivity (Wildman–Crippen MR) is 117 cm³/mol. The zero-order valence-electron chi connectivity index (χ0n) is 16.4. The summed E-state index contributed by atoms with van der Waals surface area (Å²) < 4.78 is 0. The first kappa shape index (κ1) is 20.0. The van der Waals surface area contributed by atoms with E-state index >= 15 is 0 Å². The highest BCUT2D eigenvalue weighted by molar-refractivity contribution is 7.99. The summed E-state index contributed by atoms with van der Waals surface area (Å²) in [6.45, 7) is 7.56. The molecule has 0 radical (unpaired) electrons.